The van der Waals surface area contributed by atoms with Gasteiger partial charge >= 0.3 is 0 Å². The van der Waals surface area contributed by atoms with Gasteiger partial charge in [-0.1, -0.05) is 19.9 Å². The Hall–Kier alpha value is -0.800. The molecule has 1 heterocycles. The Morgan fingerprint density at radius 3 is 2.67 bits per heavy atom. The summed E-state index contributed by atoms with van der Waals surface area (Å²) in [6, 6.07) is 0.400. The van der Waals surface area contributed by atoms with Crippen LogP contribution in [-0.2, 0) is 4.74 Å². The second kappa shape index (κ2) is 6.10. The van der Waals surface area contributed by atoms with E-state index in [1.807, 2.05) is 6.26 Å². The van der Waals surface area contributed by atoms with Gasteiger partial charge in [-0.2, -0.15) is 0 Å². The van der Waals surface area contributed by atoms with Gasteiger partial charge in [0.05, 0.1) is 11.9 Å². The van der Waals surface area contributed by atoms with E-state index in [9.17, 15) is 5.11 Å². The van der Waals surface area contributed by atoms with Gasteiger partial charge in [-0.25, -0.2) is 0 Å². The van der Waals surface area contributed by atoms with E-state index in [0.29, 0.717) is 35.8 Å². The van der Waals surface area contributed by atoms with E-state index in [-0.39, 0.29) is 5.41 Å². The lowest BCUT2D eigenvalue weighted by atomic mass is 9.43. The first-order valence-corrected chi connectivity index (χ1v) is 11.3. The first-order chi connectivity index (χ1) is 12.9. The summed E-state index contributed by atoms with van der Waals surface area (Å²) in [7, 11) is 0. The minimum atomic E-state index is -0.514. The number of hydrogen-bond donors (Lipinski definition) is 2. The van der Waals surface area contributed by atoms with Crippen LogP contribution in [0.5, 0.6) is 0 Å². The van der Waals surface area contributed by atoms with E-state index in [1.165, 1.54) is 44.1 Å². The maximum atomic E-state index is 12.2. The Morgan fingerprint density at radius 1 is 1.04 bits per heavy atom. The molecular weight excluding hydrogens is 334 g/mol. The summed E-state index contributed by atoms with van der Waals surface area (Å²) in [4.78, 5) is 0. The van der Waals surface area contributed by atoms with E-state index in [1.54, 1.807) is 0 Å². The van der Waals surface area contributed by atoms with Crippen molar-refractivity contribution < 1.29 is 9.84 Å². The van der Waals surface area contributed by atoms with E-state index in [2.05, 4.69) is 26.0 Å². The second-order valence-electron chi connectivity index (χ2n) is 10.9. The predicted octanol–water partition coefficient (Wildman–Crippen LogP) is 4.56. The summed E-state index contributed by atoms with van der Waals surface area (Å²) in [6.07, 6.45) is 16.9. The van der Waals surface area contributed by atoms with Gasteiger partial charge in [-0.05, 0) is 98.5 Å². The molecule has 4 aliphatic carbocycles. The van der Waals surface area contributed by atoms with Crippen molar-refractivity contribution in [3.05, 3.63) is 24.0 Å². The number of hydrogen-bond acceptors (Lipinski definition) is 3. The normalized spacial score (nSPS) is 54.4. The molecule has 1 aliphatic heterocycles. The SMILES string of the molecule is C[C@]12CC[C@@H](N)C[C@H]1CC[C@@H]1[C@@H]2CC[C@]2(C)[C@@H](C3=COCC=C3)CC[C@]12O. The first kappa shape index (κ1) is 18.2. The van der Waals surface area contributed by atoms with Gasteiger partial charge in [0.1, 0.15) is 6.61 Å². The fraction of sp³-hybridized carbons (Fsp3) is 0.833. The molecule has 0 saturated heterocycles. The zero-order valence-electron chi connectivity index (χ0n) is 17.1. The van der Waals surface area contributed by atoms with Crippen LogP contribution in [0.3, 0.4) is 0 Å². The second-order valence-corrected chi connectivity index (χ2v) is 10.9. The molecule has 0 bridgehead atoms. The number of ether oxygens (including phenoxy) is 1. The largest absolute Gasteiger partial charge is 0.497 e. The number of fused-ring (bicyclic) bond motifs is 5. The van der Waals surface area contributed by atoms with Crippen LogP contribution in [0.2, 0.25) is 0 Å². The lowest BCUT2D eigenvalue weighted by molar-refractivity contribution is -0.204. The Bertz CT molecular complexity index is 671. The lowest BCUT2D eigenvalue weighted by Gasteiger charge is -2.63. The van der Waals surface area contributed by atoms with Crippen molar-refractivity contribution in [2.24, 2.45) is 40.2 Å². The maximum Gasteiger partial charge on any atom is 0.106 e. The highest BCUT2D eigenvalue weighted by atomic mass is 16.5. The highest BCUT2D eigenvalue weighted by molar-refractivity contribution is 5.30. The molecule has 3 N–H and O–H groups in total. The van der Waals surface area contributed by atoms with Gasteiger partial charge in [-0.15, -0.1) is 0 Å². The summed E-state index contributed by atoms with van der Waals surface area (Å²) < 4.78 is 5.61. The maximum absolute atomic E-state index is 12.2. The Labute approximate surface area is 164 Å². The van der Waals surface area contributed by atoms with Gasteiger partial charge in [0.25, 0.3) is 0 Å². The molecule has 0 radical (unpaired) electrons. The molecule has 150 valence electrons. The highest BCUT2D eigenvalue weighted by Crippen LogP contribution is 2.69. The van der Waals surface area contributed by atoms with Crippen molar-refractivity contribution in [1.29, 1.82) is 0 Å². The van der Waals surface area contributed by atoms with Crippen LogP contribution in [0.4, 0.5) is 0 Å². The molecule has 4 saturated carbocycles. The van der Waals surface area contributed by atoms with E-state index in [4.69, 9.17) is 10.5 Å². The number of nitrogens with two attached hydrogens (primary N) is 1. The summed E-state index contributed by atoms with van der Waals surface area (Å²) in [5.74, 6) is 2.34. The number of rotatable bonds is 1. The fourth-order valence-corrected chi connectivity index (χ4v) is 8.41. The Balaban J connectivity index is 1.47. The third-order valence-corrected chi connectivity index (χ3v) is 10.0. The van der Waals surface area contributed by atoms with Crippen molar-refractivity contribution in [3.63, 3.8) is 0 Å². The van der Waals surface area contributed by atoms with Gasteiger partial charge in [-0.3, -0.25) is 0 Å². The van der Waals surface area contributed by atoms with Crippen LogP contribution in [0.1, 0.15) is 71.6 Å². The van der Waals surface area contributed by atoms with Crippen molar-refractivity contribution in [1.82, 2.24) is 0 Å². The van der Waals surface area contributed by atoms with Crippen molar-refractivity contribution >= 4 is 0 Å². The molecule has 0 aromatic carbocycles. The van der Waals surface area contributed by atoms with E-state index >= 15 is 0 Å². The fourth-order valence-electron chi connectivity index (χ4n) is 8.41. The van der Waals surface area contributed by atoms with Crippen LogP contribution in [0.15, 0.2) is 24.0 Å². The van der Waals surface area contributed by atoms with E-state index < -0.39 is 5.60 Å². The molecule has 5 aliphatic rings. The molecule has 0 spiro atoms. The third kappa shape index (κ3) is 2.40. The van der Waals surface area contributed by atoms with Crippen LogP contribution in [-0.4, -0.2) is 23.4 Å². The van der Waals surface area contributed by atoms with Crippen molar-refractivity contribution in [3.8, 4) is 0 Å². The highest BCUT2D eigenvalue weighted by Gasteiger charge is 2.67. The van der Waals surface area contributed by atoms with Crippen molar-refractivity contribution in [2.45, 2.75) is 83.3 Å². The van der Waals surface area contributed by atoms with Crippen molar-refractivity contribution in [2.75, 3.05) is 6.61 Å². The predicted molar refractivity (Wildman–Crippen MR) is 108 cm³/mol. The third-order valence-electron chi connectivity index (χ3n) is 10.0. The Morgan fingerprint density at radius 2 is 1.89 bits per heavy atom. The van der Waals surface area contributed by atoms with Gasteiger partial charge in [0, 0.05) is 11.5 Å². The number of allylic oxidation sites excluding steroid dienone is 2. The Kier molecular flexibility index (Phi) is 4.12. The molecule has 5 rings (SSSR count). The molecule has 3 heteroatoms. The van der Waals surface area contributed by atoms with E-state index in [0.717, 1.165) is 25.2 Å². The zero-order chi connectivity index (χ0) is 18.9. The zero-order valence-corrected chi connectivity index (χ0v) is 17.1. The topological polar surface area (TPSA) is 55.5 Å². The first-order valence-electron chi connectivity index (χ1n) is 11.3. The standard InChI is InChI=1S/C24H37NO2/c1-22-10-7-18(25)14-17(22)5-6-21-20(22)8-11-23(2)19(9-12-24(21,23)26)16-4-3-13-27-15-16/h3-4,15,17-21,26H,5-14,25H2,1-2H3/t17-,18-,19-,20+,21-,22+,23-,24+/m1/s1. The van der Waals surface area contributed by atoms with Crippen LogP contribution in [0.25, 0.3) is 0 Å². The average molecular weight is 372 g/mol. The van der Waals surface area contributed by atoms with Crippen LogP contribution < -0.4 is 5.73 Å². The van der Waals surface area contributed by atoms with Gasteiger partial charge in [0.2, 0.25) is 0 Å². The molecule has 3 nitrogen and oxygen atoms in total. The van der Waals surface area contributed by atoms with Gasteiger partial charge in [0.15, 0.2) is 0 Å². The quantitative estimate of drug-likeness (QED) is 0.710. The monoisotopic (exact) mass is 371 g/mol. The minimum Gasteiger partial charge on any atom is -0.497 e. The number of aliphatic hydroxyl groups is 1. The molecule has 4 fully saturated rings. The average Bonchev–Trinajstić information content (AvgIpc) is 2.94. The summed E-state index contributed by atoms with van der Waals surface area (Å²) in [5, 5.41) is 12.2. The summed E-state index contributed by atoms with van der Waals surface area (Å²) in [6.45, 7) is 5.61. The molecule has 0 amide bonds. The summed E-state index contributed by atoms with van der Waals surface area (Å²) >= 11 is 0. The summed E-state index contributed by atoms with van der Waals surface area (Å²) in [5.41, 5.74) is 7.50. The lowest BCUT2D eigenvalue weighted by Crippen LogP contribution is -2.62. The van der Waals surface area contributed by atoms with Gasteiger partial charge < -0.3 is 15.6 Å². The molecule has 0 aromatic heterocycles. The molecule has 27 heavy (non-hydrogen) atoms. The molecule has 0 unspecified atom stereocenters. The van der Waals surface area contributed by atoms with Crippen LogP contribution >= 0.6 is 0 Å². The van der Waals surface area contributed by atoms with Crippen LogP contribution in [0, 0.1) is 34.5 Å². The molecule has 8 atom stereocenters. The molecular formula is C24H37NO2. The minimum absolute atomic E-state index is 0.0146. The smallest absolute Gasteiger partial charge is 0.106 e. The molecule has 0 aromatic rings.